The van der Waals surface area contributed by atoms with Crippen molar-refractivity contribution in [3.05, 3.63) is 98.5 Å². The second kappa shape index (κ2) is 9.39. The standard InChI is InChI=1S/C27H25Cl2FN2O4/c1-26(2,34)17-11-22-24(23(30)12-17)27(36-21-9-10-35-15-21,16-3-5-18(28)6-4-16)32(25(22)33)14-20-8-7-19(29)13-31-20/h3-8,11-13,21,34H,9-10,14-15H2,1-2H3/t21-,27?/m1/s1. The van der Waals surface area contributed by atoms with Crippen molar-refractivity contribution in [3.63, 3.8) is 0 Å². The van der Waals surface area contributed by atoms with Gasteiger partial charge in [-0.25, -0.2) is 4.39 Å². The summed E-state index contributed by atoms with van der Waals surface area (Å²) in [7, 11) is 0. The summed E-state index contributed by atoms with van der Waals surface area (Å²) in [6.45, 7) is 3.93. The van der Waals surface area contributed by atoms with Crippen LogP contribution >= 0.6 is 23.2 Å². The molecule has 1 fully saturated rings. The fraction of sp³-hybridized carbons (Fsp3) is 0.333. The number of rotatable bonds is 6. The molecule has 0 bridgehead atoms. The normalized spacial score (nSPS) is 21.8. The Labute approximate surface area is 218 Å². The van der Waals surface area contributed by atoms with Gasteiger partial charge >= 0.3 is 0 Å². The predicted molar refractivity (Wildman–Crippen MR) is 133 cm³/mol. The molecule has 1 unspecified atom stereocenters. The number of hydrogen-bond acceptors (Lipinski definition) is 5. The molecule has 0 saturated carbocycles. The van der Waals surface area contributed by atoms with Gasteiger partial charge in [-0.05, 0) is 62.2 Å². The van der Waals surface area contributed by atoms with Crippen molar-refractivity contribution in [2.24, 2.45) is 0 Å². The van der Waals surface area contributed by atoms with Gasteiger partial charge in [-0.3, -0.25) is 14.7 Å². The van der Waals surface area contributed by atoms with Crippen LogP contribution in [0.5, 0.6) is 0 Å². The SMILES string of the molecule is CC(C)(O)c1cc(F)c2c(c1)C(=O)N(Cc1ccc(Cl)cn1)C2(O[C@@H]1CCOC1)c1ccc(Cl)cc1. The maximum atomic E-state index is 16.1. The van der Waals surface area contributed by atoms with E-state index in [9.17, 15) is 9.90 Å². The number of fused-ring (bicyclic) bond motifs is 1. The molecule has 5 rings (SSSR count). The number of nitrogens with zero attached hydrogens (tertiary/aromatic N) is 2. The minimum Gasteiger partial charge on any atom is -0.386 e. The van der Waals surface area contributed by atoms with Crippen LogP contribution in [0.1, 0.15) is 53.0 Å². The maximum absolute atomic E-state index is 16.1. The average molecular weight is 531 g/mol. The molecule has 2 atom stereocenters. The van der Waals surface area contributed by atoms with Crippen molar-refractivity contribution in [3.8, 4) is 0 Å². The predicted octanol–water partition coefficient (Wildman–Crippen LogP) is 5.42. The largest absolute Gasteiger partial charge is 0.386 e. The Bertz CT molecular complexity index is 1290. The highest BCUT2D eigenvalue weighted by Crippen LogP contribution is 2.49. The number of benzene rings is 2. The number of hydrogen-bond donors (Lipinski definition) is 1. The number of halogens is 3. The molecular weight excluding hydrogens is 506 g/mol. The molecule has 9 heteroatoms. The van der Waals surface area contributed by atoms with E-state index in [0.29, 0.717) is 40.9 Å². The van der Waals surface area contributed by atoms with Gasteiger partial charge in [0.2, 0.25) is 5.72 Å². The summed E-state index contributed by atoms with van der Waals surface area (Å²) in [6, 6.07) is 13.0. The lowest BCUT2D eigenvalue weighted by atomic mass is 9.88. The molecule has 1 saturated heterocycles. The molecule has 2 aliphatic heterocycles. The first-order valence-electron chi connectivity index (χ1n) is 11.6. The Morgan fingerprint density at radius 3 is 2.53 bits per heavy atom. The highest BCUT2D eigenvalue weighted by molar-refractivity contribution is 6.30. The Morgan fingerprint density at radius 1 is 1.19 bits per heavy atom. The van der Waals surface area contributed by atoms with Crippen molar-refractivity contribution in [1.82, 2.24) is 9.88 Å². The first kappa shape index (κ1) is 25.1. The Kier molecular flexibility index (Phi) is 6.55. The summed E-state index contributed by atoms with van der Waals surface area (Å²) in [5.74, 6) is -1.10. The lowest BCUT2D eigenvalue weighted by molar-refractivity contribution is -0.148. The lowest BCUT2D eigenvalue weighted by Crippen LogP contribution is -2.49. The molecule has 1 amide bonds. The number of carbonyl (C=O) groups is 1. The van der Waals surface area contributed by atoms with E-state index < -0.39 is 23.1 Å². The number of aliphatic hydroxyl groups is 1. The summed E-state index contributed by atoms with van der Waals surface area (Å²) in [5.41, 5.74) is -1.39. The molecular formula is C27H25Cl2FN2O4. The second-order valence-corrected chi connectivity index (χ2v) is 10.4. The van der Waals surface area contributed by atoms with Crippen LogP contribution in [0.2, 0.25) is 10.0 Å². The van der Waals surface area contributed by atoms with Crippen molar-refractivity contribution in [2.45, 2.75) is 44.2 Å². The van der Waals surface area contributed by atoms with E-state index in [1.165, 1.54) is 23.2 Å². The third-order valence-corrected chi connectivity index (χ3v) is 7.04. The lowest BCUT2D eigenvalue weighted by Gasteiger charge is -2.41. The van der Waals surface area contributed by atoms with Crippen LogP contribution in [0.25, 0.3) is 0 Å². The molecule has 3 aromatic rings. The van der Waals surface area contributed by atoms with Gasteiger partial charge in [0.25, 0.3) is 5.91 Å². The topological polar surface area (TPSA) is 71.9 Å². The first-order valence-corrected chi connectivity index (χ1v) is 12.4. The zero-order valence-corrected chi connectivity index (χ0v) is 21.3. The van der Waals surface area contributed by atoms with E-state index in [2.05, 4.69) is 4.98 Å². The molecule has 6 nitrogen and oxygen atoms in total. The van der Waals surface area contributed by atoms with Crippen LogP contribution in [0.4, 0.5) is 4.39 Å². The minimum atomic E-state index is -1.61. The number of ether oxygens (including phenoxy) is 2. The maximum Gasteiger partial charge on any atom is 0.257 e. The molecule has 0 radical (unpaired) electrons. The molecule has 0 spiro atoms. The van der Waals surface area contributed by atoms with Gasteiger partial charge in [-0.1, -0.05) is 35.3 Å². The van der Waals surface area contributed by atoms with E-state index in [0.717, 1.165) is 0 Å². The van der Waals surface area contributed by atoms with Gasteiger partial charge in [0.05, 0.1) is 46.7 Å². The molecule has 2 aromatic carbocycles. The third kappa shape index (κ3) is 4.40. The van der Waals surface area contributed by atoms with Crippen LogP contribution in [-0.4, -0.2) is 40.2 Å². The molecule has 1 aromatic heterocycles. The Hall–Kier alpha value is -2.55. The summed E-state index contributed by atoms with van der Waals surface area (Å²) >= 11 is 12.2. The molecule has 188 valence electrons. The smallest absolute Gasteiger partial charge is 0.257 e. The number of carbonyl (C=O) groups excluding carboxylic acids is 1. The summed E-state index contributed by atoms with van der Waals surface area (Å²) in [6.07, 6.45) is 1.70. The van der Waals surface area contributed by atoms with Crippen molar-refractivity contribution in [1.29, 1.82) is 0 Å². The van der Waals surface area contributed by atoms with E-state index in [1.54, 1.807) is 50.2 Å². The zero-order chi connectivity index (χ0) is 25.7. The van der Waals surface area contributed by atoms with Crippen LogP contribution in [-0.2, 0) is 27.3 Å². The van der Waals surface area contributed by atoms with Gasteiger partial charge in [0, 0.05) is 23.4 Å². The van der Waals surface area contributed by atoms with Crippen LogP contribution in [0, 0.1) is 5.82 Å². The summed E-state index contributed by atoms with van der Waals surface area (Å²) < 4.78 is 28.3. The minimum absolute atomic E-state index is 0.0260. The van der Waals surface area contributed by atoms with Crippen LogP contribution in [0.15, 0.2) is 54.7 Å². The fourth-order valence-corrected chi connectivity index (χ4v) is 4.99. The van der Waals surface area contributed by atoms with E-state index >= 15 is 4.39 Å². The van der Waals surface area contributed by atoms with Gasteiger partial charge in [0.15, 0.2) is 0 Å². The van der Waals surface area contributed by atoms with E-state index in [1.807, 2.05) is 0 Å². The van der Waals surface area contributed by atoms with Crippen LogP contribution in [0.3, 0.4) is 0 Å². The van der Waals surface area contributed by atoms with Gasteiger partial charge in [0.1, 0.15) is 5.82 Å². The van der Waals surface area contributed by atoms with Crippen molar-refractivity contribution >= 4 is 29.1 Å². The number of aromatic nitrogens is 1. The third-order valence-electron chi connectivity index (χ3n) is 6.56. The number of amides is 1. The summed E-state index contributed by atoms with van der Waals surface area (Å²) in [5, 5.41) is 11.5. The molecule has 0 aliphatic carbocycles. The van der Waals surface area contributed by atoms with Gasteiger partial charge < -0.3 is 14.6 Å². The van der Waals surface area contributed by atoms with Crippen molar-refractivity contribution in [2.75, 3.05) is 13.2 Å². The van der Waals surface area contributed by atoms with Gasteiger partial charge in [-0.15, -0.1) is 0 Å². The zero-order valence-electron chi connectivity index (χ0n) is 19.8. The highest BCUT2D eigenvalue weighted by atomic mass is 35.5. The quantitative estimate of drug-likeness (QED) is 0.460. The van der Waals surface area contributed by atoms with Crippen molar-refractivity contribution < 1.29 is 23.8 Å². The molecule has 2 aliphatic rings. The van der Waals surface area contributed by atoms with Crippen LogP contribution < -0.4 is 0 Å². The Morgan fingerprint density at radius 2 is 1.92 bits per heavy atom. The number of pyridine rings is 1. The molecule has 3 heterocycles. The van der Waals surface area contributed by atoms with E-state index in [-0.39, 0.29) is 29.3 Å². The average Bonchev–Trinajstić information content (AvgIpc) is 3.42. The monoisotopic (exact) mass is 530 g/mol. The first-order chi connectivity index (χ1) is 17.1. The Balaban J connectivity index is 1.76. The molecule has 36 heavy (non-hydrogen) atoms. The van der Waals surface area contributed by atoms with Gasteiger partial charge in [-0.2, -0.15) is 0 Å². The van der Waals surface area contributed by atoms with E-state index in [4.69, 9.17) is 32.7 Å². The second-order valence-electron chi connectivity index (χ2n) is 9.55. The molecule has 1 N–H and O–H groups in total. The fourth-order valence-electron chi connectivity index (χ4n) is 4.76. The summed E-state index contributed by atoms with van der Waals surface area (Å²) in [4.78, 5) is 19.9. The highest BCUT2D eigenvalue weighted by Gasteiger charge is 2.56.